The standard InChI is InChI=1S/C18H22O2S/c1-13(2)15-9-8-14(3)17(12-15)20-10-4-6-16(19)18-7-5-11-21-18/h5,7-9,11-13H,4,6,10H2,1-3H3. The first-order chi connectivity index (χ1) is 10.1. The molecular formula is C18H22O2S. The van der Waals surface area contributed by atoms with Gasteiger partial charge in [-0.05, 0) is 47.9 Å². The highest BCUT2D eigenvalue weighted by Gasteiger charge is 2.08. The van der Waals surface area contributed by atoms with Crippen LogP contribution in [0.2, 0.25) is 0 Å². The number of thiophene rings is 1. The molecule has 112 valence electrons. The van der Waals surface area contributed by atoms with Gasteiger partial charge < -0.3 is 4.74 Å². The predicted molar refractivity (Wildman–Crippen MR) is 88.6 cm³/mol. The number of rotatable bonds is 7. The number of aryl methyl sites for hydroxylation is 1. The molecule has 0 N–H and O–H groups in total. The Balaban J connectivity index is 1.83. The maximum atomic E-state index is 11.9. The highest BCUT2D eigenvalue weighted by Crippen LogP contribution is 2.24. The van der Waals surface area contributed by atoms with Gasteiger partial charge in [0.05, 0.1) is 11.5 Å². The van der Waals surface area contributed by atoms with Crippen LogP contribution in [0, 0.1) is 6.92 Å². The number of Topliss-reactive ketones (excluding diaryl/α,β-unsaturated/α-hetero) is 1. The van der Waals surface area contributed by atoms with Crippen molar-refractivity contribution in [3.05, 3.63) is 51.7 Å². The van der Waals surface area contributed by atoms with E-state index in [-0.39, 0.29) is 5.78 Å². The smallest absolute Gasteiger partial charge is 0.172 e. The summed E-state index contributed by atoms with van der Waals surface area (Å²) in [6, 6.07) is 10.1. The highest BCUT2D eigenvalue weighted by molar-refractivity contribution is 7.12. The van der Waals surface area contributed by atoms with E-state index in [1.807, 2.05) is 17.5 Å². The van der Waals surface area contributed by atoms with Crippen molar-refractivity contribution in [3.63, 3.8) is 0 Å². The van der Waals surface area contributed by atoms with E-state index in [0.717, 1.165) is 22.6 Å². The van der Waals surface area contributed by atoms with E-state index in [1.165, 1.54) is 16.9 Å². The van der Waals surface area contributed by atoms with E-state index in [2.05, 4.69) is 39.0 Å². The lowest BCUT2D eigenvalue weighted by Gasteiger charge is -2.12. The first kappa shape index (κ1) is 15.8. The van der Waals surface area contributed by atoms with E-state index in [1.54, 1.807) is 0 Å². The third-order valence-corrected chi connectivity index (χ3v) is 4.39. The average molecular weight is 302 g/mol. The predicted octanol–water partition coefficient (Wildman–Crippen LogP) is 5.22. The minimum Gasteiger partial charge on any atom is -0.493 e. The molecule has 0 atom stereocenters. The SMILES string of the molecule is Cc1ccc(C(C)C)cc1OCCCC(=O)c1cccs1. The Kier molecular flexibility index (Phi) is 5.57. The molecule has 0 aliphatic carbocycles. The number of ether oxygens (including phenoxy) is 1. The molecule has 0 saturated carbocycles. The Labute approximate surface area is 130 Å². The van der Waals surface area contributed by atoms with Crippen molar-refractivity contribution < 1.29 is 9.53 Å². The van der Waals surface area contributed by atoms with E-state index < -0.39 is 0 Å². The van der Waals surface area contributed by atoms with Gasteiger partial charge in [0.2, 0.25) is 0 Å². The second-order valence-corrected chi connectivity index (χ2v) is 6.48. The van der Waals surface area contributed by atoms with Crippen LogP contribution >= 0.6 is 11.3 Å². The Bertz CT molecular complexity index is 585. The fraction of sp³-hybridized carbons (Fsp3) is 0.389. The summed E-state index contributed by atoms with van der Waals surface area (Å²) in [5, 5.41) is 1.94. The third-order valence-electron chi connectivity index (χ3n) is 3.48. The molecule has 0 saturated heterocycles. The lowest BCUT2D eigenvalue weighted by Crippen LogP contribution is -2.04. The van der Waals surface area contributed by atoms with Crippen molar-refractivity contribution in [3.8, 4) is 5.75 Å². The zero-order valence-corrected chi connectivity index (χ0v) is 13.7. The summed E-state index contributed by atoms with van der Waals surface area (Å²) in [5.74, 6) is 1.64. The van der Waals surface area contributed by atoms with Gasteiger partial charge in [-0.25, -0.2) is 0 Å². The lowest BCUT2D eigenvalue weighted by atomic mass is 10.0. The Morgan fingerprint density at radius 1 is 1.29 bits per heavy atom. The molecule has 21 heavy (non-hydrogen) atoms. The van der Waals surface area contributed by atoms with E-state index in [0.29, 0.717) is 18.9 Å². The van der Waals surface area contributed by atoms with Crippen LogP contribution in [0.3, 0.4) is 0 Å². The zero-order chi connectivity index (χ0) is 15.2. The normalized spacial score (nSPS) is 10.9. The summed E-state index contributed by atoms with van der Waals surface area (Å²) < 4.78 is 5.85. The molecule has 2 aromatic rings. The van der Waals surface area contributed by atoms with Gasteiger partial charge in [-0.15, -0.1) is 11.3 Å². The molecule has 0 fully saturated rings. The number of ketones is 1. The largest absolute Gasteiger partial charge is 0.493 e. The van der Waals surface area contributed by atoms with Gasteiger partial charge in [-0.1, -0.05) is 32.0 Å². The van der Waals surface area contributed by atoms with Gasteiger partial charge in [0.15, 0.2) is 5.78 Å². The molecule has 0 bridgehead atoms. The zero-order valence-electron chi connectivity index (χ0n) is 12.9. The van der Waals surface area contributed by atoms with Crippen LogP contribution in [-0.2, 0) is 0 Å². The van der Waals surface area contributed by atoms with Crippen LogP contribution in [0.1, 0.15) is 53.4 Å². The molecule has 0 amide bonds. The second kappa shape index (κ2) is 7.41. The molecule has 1 heterocycles. The van der Waals surface area contributed by atoms with Crippen molar-refractivity contribution in [2.75, 3.05) is 6.61 Å². The number of hydrogen-bond acceptors (Lipinski definition) is 3. The van der Waals surface area contributed by atoms with Crippen LogP contribution in [0.25, 0.3) is 0 Å². The van der Waals surface area contributed by atoms with Gasteiger partial charge >= 0.3 is 0 Å². The Morgan fingerprint density at radius 3 is 2.76 bits per heavy atom. The molecule has 0 radical (unpaired) electrons. The van der Waals surface area contributed by atoms with Gasteiger partial charge in [0, 0.05) is 6.42 Å². The van der Waals surface area contributed by atoms with Crippen LogP contribution in [-0.4, -0.2) is 12.4 Å². The van der Waals surface area contributed by atoms with Crippen molar-refractivity contribution in [2.24, 2.45) is 0 Å². The Morgan fingerprint density at radius 2 is 2.10 bits per heavy atom. The highest BCUT2D eigenvalue weighted by atomic mass is 32.1. The molecule has 1 aromatic heterocycles. The van der Waals surface area contributed by atoms with Crippen molar-refractivity contribution in [1.82, 2.24) is 0 Å². The van der Waals surface area contributed by atoms with Crippen molar-refractivity contribution in [1.29, 1.82) is 0 Å². The maximum Gasteiger partial charge on any atom is 0.172 e. The minimum absolute atomic E-state index is 0.209. The van der Waals surface area contributed by atoms with Crippen LogP contribution < -0.4 is 4.74 Å². The van der Waals surface area contributed by atoms with Crippen LogP contribution in [0.4, 0.5) is 0 Å². The van der Waals surface area contributed by atoms with E-state index >= 15 is 0 Å². The van der Waals surface area contributed by atoms with Gasteiger partial charge in [0.25, 0.3) is 0 Å². The van der Waals surface area contributed by atoms with Gasteiger partial charge in [-0.3, -0.25) is 4.79 Å². The fourth-order valence-corrected chi connectivity index (χ4v) is 2.80. The van der Waals surface area contributed by atoms with Crippen molar-refractivity contribution >= 4 is 17.1 Å². The first-order valence-electron chi connectivity index (χ1n) is 7.38. The summed E-state index contributed by atoms with van der Waals surface area (Å²) >= 11 is 1.50. The lowest BCUT2D eigenvalue weighted by molar-refractivity contribution is 0.0977. The average Bonchev–Trinajstić information content (AvgIpc) is 2.99. The number of carbonyl (C=O) groups excluding carboxylic acids is 1. The monoisotopic (exact) mass is 302 g/mol. The second-order valence-electron chi connectivity index (χ2n) is 5.53. The molecule has 0 aliphatic heterocycles. The Hall–Kier alpha value is -1.61. The molecule has 0 aliphatic rings. The number of benzene rings is 1. The molecule has 2 rings (SSSR count). The summed E-state index contributed by atoms with van der Waals surface area (Å²) in [4.78, 5) is 12.7. The summed E-state index contributed by atoms with van der Waals surface area (Å²) in [7, 11) is 0. The summed E-state index contributed by atoms with van der Waals surface area (Å²) in [6.45, 7) is 6.98. The van der Waals surface area contributed by atoms with Crippen LogP contribution in [0.15, 0.2) is 35.7 Å². The summed E-state index contributed by atoms with van der Waals surface area (Å²) in [5.41, 5.74) is 2.43. The van der Waals surface area contributed by atoms with Gasteiger partial charge in [-0.2, -0.15) is 0 Å². The van der Waals surface area contributed by atoms with E-state index in [4.69, 9.17) is 4.74 Å². The number of hydrogen-bond donors (Lipinski definition) is 0. The molecular weight excluding hydrogens is 280 g/mol. The molecule has 0 spiro atoms. The van der Waals surface area contributed by atoms with Crippen molar-refractivity contribution in [2.45, 2.75) is 39.5 Å². The minimum atomic E-state index is 0.209. The fourth-order valence-electron chi connectivity index (χ4n) is 2.11. The molecule has 0 unspecified atom stereocenters. The maximum absolute atomic E-state index is 11.9. The first-order valence-corrected chi connectivity index (χ1v) is 8.26. The quantitative estimate of drug-likeness (QED) is 0.517. The third kappa shape index (κ3) is 4.43. The topological polar surface area (TPSA) is 26.3 Å². The van der Waals surface area contributed by atoms with E-state index in [9.17, 15) is 4.79 Å². The molecule has 2 nitrogen and oxygen atoms in total. The van der Waals surface area contributed by atoms with Gasteiger partial charge in [0.1, 0.15) is 5.75 Å². The van der Waals surface area contributed by atoms with Crippen LogP contribution in [0.5, 0.6) is 5.75 Å². The molecule has 3 heteroatoms. The molecule has 1 aromatic carbocycles. The number of carbonyl (C=O) groups is 1. The summed E-state index contributed by atoms with van der Waals surface area (Å²) in [6.07, 6.45) is 1.30.